The van der Waals surface area contributed by atoms with Crippen molar-refractivity contribution in [2.24, 2.45) is 0 Å². The van der Waals surface area contributed by atoms with E-state index in [1.54, 1.807) is 26.2 Å². The number of esters is 1. The van der Waals surface area contributed by atoms with Crippen LogP contribution in [0.5, 0.6) is 11.5 Å². The fourth-order valence-corrected chi connectivity index (χ4v) is 3.75. The lowest BCUT2D eigenvalue weighted by molar-refractivity contribution is -0.124. The smallest absolute Gasteiger partial charge is 0.338 e. The monoisotopic (exact) mass is 468 g/mol. The highest BCUT2D eigenvalue weighted by molar-refractivity contribution is 6.22. The van der Waals surface area contributed by atoms with Gasteiger partial charge in [0.1, 0.15) is 0 Å². The van der Waals surface area contributed by atoms with E-state index in [0.717, 1.165) is 10.5 Å². The zero-order chi connectivity index (χ0) is 24.2. The molecular weight excluding hydrogens is 444 g/mol. The normalized spacial score (nSPS) is 14.7. The molecule has 34 heavy (non-hydrogen) atoms. The second kappa shape index (κ2) is 9.92. The Hall–Kier alpha value is -3.92. The molecule has 0 saturated heterocycles. The van der Waals surface area contributed by atoms with E-state index in [0.29, 0.717) is 24.5 Å². The molecule has 0 bridgehead atoms. The Morgan fingerprint density at radius 3 is 2.62 bits per heavy atom. The summed E-state index contributed by atoms with van der Waals surface area (Å²) >= 11 is 0. The van der Waals surface area contributed by atoms with Gasteiger partial charge in [-0.15, -0.1) is 0 Å². The molecule has 2 aromatic rings. The molecule has 2 aliphatic heterocycles. The number of nitrogens with zero attached hydrogens (tertiary/aromatic N) is 1. The van der Waals surface area contributed by atoms with Crippen LogP contribution in [0.3, 0.4) is 0 Å². The standard InChI is InChI=1S/C24H24N2O8/c1-14(15-5-7-19-20(11-15)34-13-33-19)25-21(27)12-32-24(30)16-4-6-17-18(10-16)23(29)26(22(17)28)8-3-9-31-2/h4-7,10-11,14H,3,8-9,12-13H2,1-2H3,(H,25,27). The molecule has 10 heteroatoms. The maximum absolute atomic E-state index is 12.6. The van der Waals surface area contributed by atoms with Crippen LogP contribution in [-0.2, 0) is 14.3 Å². The number of fused-ring (bicyclic) bond motifs is 2. The van der Waals surface area contributed by atoms with Crippen LogP contribution in [0.15, 0.2) is 36.4 Å². The van der Waals surface area contributed by atoms with Gasteiger partial charge >= 0.3 is 5.97 Å². The van der Waals surface area contributed by atoms with Crippen molar-refractivity contribution in [1.82, 2.24) is 10.2 Å². The molecule has 2 heterocycles. The summed E-state index contributed by atoms with van der Waals surface area (Å²) in [6.45, 7) is 2.09. The fraction of sp³-hybridized carbons (Fsp3) is 0.333. The number of benzene rings is 2. The number of carbonyl (C=O) groups is 4. The number of rotatable bonds is 9. The van der Waals surface area contributed by atoms with Crippen LogP contribution < -0.4 is 14.8 Å². The van der Waals surface area contributed by atoms with Gasteiger partial charge in [0.25, 0.3) is 17.7 Å². The Balaban J connectivity index is 1.33. The van der Waals surface area contributed by atoms with Gasteiger partial charge in [-0.05, 0) is 49.2 Å². The van der Waals surface area contributed by atoms with E-state index in [1.807, 2.05) is 6.07 Å². The van der Waals surface area contributed by atoms with E-state index >= 15 is 0 Å². The predicted molar refractivity (Wildman–Crippen MR) is 118 cm³/mol. The second-order valence-corrected chi connectivity index (χ2v) is 7.85. The first kappa shape index (κ1) is 23.2. The second-order valence-electron chi connectivity index (χ2n) is 7.85. The van der Waals surface area contributed by atoms with E-state index < -0.39 is 30.3 Å². The molecule has 0 aromatic heterocycles. The zero-order valence-corrected chi connectivity index (χ0v) is 18.8. The Kier molecular flexibility index (Phi) is 6.78. The Morgan fingerprint density at radius 2 is 1.82 bits per heavy atom. The van der Waals surface area contributed by atoms with Gasteiger partial charge in [-0.2, -0.15) is 0 Å². The summed E-state index contributed by atoms with van der Waals surface area (Å²) in [7, 11) is 1.54. The van der Waals surface area contributed by atoms with Crippen LogP contribution in [0.2, 0.25) is 0 Å². The van der Waals surface area contributed by atoms with Crippen molar-refractivity contribution in [3.63, 3.8) is 0 Å². The van der Waals surface area contributed by atoms with E-state index in [4.69, 9.17) is 18.9 Å². The molecule has 1 unspecified atom stereocenters. The highest BCUT2D eigenvalue weighted by atomic mass is 16.7. The maximum Gasteiger partial charge on any atom is 0.338 e. The lowest BCUT2D eigenvalue weighted by Gasteiger charge is -2.15. The molecule has 0 radical (unpaired) electrons. The number of hydrogen-bond donors (Lipinski definition) is 1. The highest BCUT2D eigenvalue weighted by Gasteiger charge is 2.35. The predicted octanol–water partition coefficient (Wildman–Crippen LogP) is 2.08. The topological polar surface area (TPSA) is 120 Å². The average molecular weight is 468 g/mol. The van der Waals surface area contributed by atoms with Gasteiger partial charge in [-0.3, -0.25) is 19.3 Å². The van der Waals surface area contributed by atoms with Crippen LogP contribution in [0.1, 0.15) is 56.0 Å². The highest BCUT2D eigenvalue weighted by Crippen LogP contribution is 2.34. The lowest BCUT2D eigenvalue weighted by Crippen LogP contribution is -2.31. The number of amides is 3. The zero-order valence-electron chi connectivity index (χ0n) is 18.8. The van der Waals surface area contributed by atoms with Crippen LogP contribution in [0.4, 0.5) is 0 Å². The molecule has 0 aliphatic carbocycles. The number of imide groups is 1. The minimum Gasteiger partial charge on any atom is -0.454 e. The van der Waals surface area contributed by atoms with Crippen molar-refractivity contribution in [1.29, 1.82) is 0 Å². The Morgan fingerprint density at radius 1 is 1.06 bits per heavy atom. The number of carbonyl (C=O) groups excluding carboxylic acids is 4. The molecule has 2 aromatic carbocycles. The van der Waals surface area contributed by atoms with E-state index in [1.165, 1.54) is 18.2 Å². The molecule has 0 saturated carbocycles. The largest absolute Gasteiger partial charge is 0.454 e. The number of ether oxygens (including phenoxy) is 4. The van der Waals surface area contributed by atoms with Crippen LogP contribution >= 0.6 is 0 Å². The van der Waals surface area contributed by atoms with E-state index in [9.17, 15) is 19.2 Å². The van der Waals surface area contributed by atoms with Gasteiger partial charge in [0.2, 0.25) is 6.79 Å². The number of nitrogens with one attached hydrogen (secondary N) is 1. The van der Waals surface area contributed by atoms with Crippen LogP contribution in [0, 0.1) is 0 Å². The van der Waals surface area contributed by atoms with Gasteiger partial charge < -0.3 is 24.3 Å². The molecule has 1 N–H and O–H groups in total. The van der Waals surface area contributed by atoms with Crippen molar-refractivity contribution in [2.45, 2.75) is 19.4 Å². The molecule has 3 amide bonds. The fourth-order valence-electron chi connectivity index (χ4n) is 3.75. The van der Waals surface area contributed by atoms with E-state index in [-0.39, 0.29) is 36.1 Å². The molecule has 178 valence electrons. The van der Waals surface area contributed by atoms with Gasteiger partial charge in [0, 0.05) is 20.3 Å². The van der Waals surface area contributed by atoms with Gasteiger partial charge in [-0.25, -0.2) is 4.79 Å². The first-order valence-electron chi connectivity index (χ1n) is 10.7. The van der Waals surface area contributed by atoms with Crippen molar-refractivity contribution in [3.8, 4) is 11.5 Å². The summed E-state index contributed by atoms with van der Waals surface area (Å²) in [6.07, 6.45) is 0.511. The quantitative estimate of drug-likeness (QED) is 0.337. The van der Waals surface area contributed by atoms with Crippen molar-refractivity contribution >= 4 is 23.7 Å². The molecule has 2 aliphatic rings. The van der Waals surface area contributed by atoms with Crippen molar-refractivity contribution in [3.05, 3.63) is 58.7 Å². The molecule has 4 rings (SSSR count). The molecule has 1 atom stereocenters. The number of methoxy groups -OCH3 is 1. The van der Waals surface area contributed by atoms with Crippen LogP contribution in [-0.4, -0.2) is 62.3 Å². The summed E-state index contributed by atoms with van der Waals surface area (Å²) in [4.78, 5) is 50.9. The first-order valence-corrected chi connectivity index (χ1v) is 10.7. The number of hydrogen-bond acceptors (Lipinski definition) is 8. The Labute approximate surface area is 195 Å². The van der Waals surface area contributed by atoms with Crippen molar-refractivity contribution in [2.75, 3.05) is 33.7 Å². The van der Waals surface area contributed by atoms with Gasteiger partial charge in [0.05, 0.1) is 22.7 Å². The minimum atomic E-state index is -0.772. The third-order valence-electron chi connectivity index (χ3n) is 5.55. The maximum atomic E-state index is 12.6. The summed E-state index contributed by atoms with van der Waals surface area (Å²) in [5.74, 6) is -0.897. The SMILES string of the molecule is COCCCN1C(=O)c2ccc(C(=O)OCC(=O)NC(C)c3ccc4c(c3)OCO4)cc2C1=O. The summed E-state index contributed by atoms with van der Waals surface area (Å²) < 4.78 is 20.7. The molecule has 10 nitrogen and oxygen atoms in total. The summed E-state index contributed by atoms with van der Waals surface area (Å²) in [6, 6.07) is 9.14. The average Bonchev–Trinajstić information content (AvgIpc) is 3.40. The van der Waals surface area contributed by atoms with Gasteiger partial charge in [0.15, 0.2) is 18.1 Å². The molecular formula is C24H24N2O8. The summed E-state index contributed by atoms with van der Waals surface area (Å²) in [5.41, 5.74) is 1.25. The third-order valence-corrected chi connectivity index (χ3v) is 5.55. The molecule has 0 fully saturated rings. The third kappa shape index (κ3) is 4.72. The first-order chi connectivity index (χ1) is 16.4. The van der Waals surface area contributed by atoms with Crippen LogP contribution in [0.25, 0.3) is 0 Å². The minimum absolute atomic E-state index is 0.0789. The molecule has 0 spiro atoms. The Bertz CT molecular complexity index is 1150. The van der Waals surface area contributed by atoms with Crippen molar-refractivity contribution < 1.29 is 38.1 Å². The van der Waals surface area contributed by atoms with Gasteiger partial charge in [-0.1, -0.05) is 6.07 Å². The van der Waals surface area contributed by atoms with E-state index in [2.05, 4.69) is 5.32 Å². The summed E-state index contributed by atoms with van der Waals surface area (Å²) in [5, 5.41) is 2.75. The lowest BCUT2D eigenvalue weighted by atomic mass is 10.1.